The van der Waals surface area contributed by atoms with E-state index in [0.29, 0.717) is 19.3 Å². The lowest BCUT2D eigenvalue weighted by atomic mass is 10.2. The van der Waals surface area contributed by atoms with Crippen LogP contribution in [0.3, 0.4) is 0 Å². The second-order valence-electron chi connectivity index (χ2n) is 5.34. The number of ether oxygens (including phenoxy) is 1. The van der Waals surface area contributed by atoms with Crippen LogP contribution in [0.4, 0.5) is 0 Å². The zero-order chi connectivity index (χ0) is 16.0. The molecule has 7 heteroatoms. The van der Waals surface area contributed by atoms with Gasteiger partial charge < -0.3 is 9.30 Å². The Hall–Kier alpha value is -1.36. The van der Waals surface area contributed by atoms with E-state index in [-0.39, 0.29) is 6.54 Å². The maximum atomic E-state index is 13.5. The van der Waals surface area contributed by atoms with Crippen LogP contribution < -0.4 is 15.5 Å². The van der Waals surface area contributed by atoms with E-state index >= 15 is 0 Å². The number of hydrogen-bond donors (Lipinski definition) is 2. The molecule has 1 aromatic rings. The van der Waals surface area contributed by atoms with Crippen LogP contribution in [0.15, 0.2) is 24.3 Å². The van der Waals surface area contributed by atoms with Gasteiger partial charge in [-0.05, 0) is 44.0 Å². The molecule has 1 unspecified atom stereocenters. The third-order valence-corrected chi connectivity index (χ3v) is 7.12. The van der Waals surface area contributed by atoms with E-state index in [1.807, 2.05) is 31.2 Å². The van der Waals surface area contributed by atoms with E-state index in [2.05, 4.69) is 0 Å². The molecule has 2 N–H and O–H groups in total. The second kappa shape index (κ2) is 7.77. The van der Waals surface area contributed by atoms with Gasteiger partial charge in [0.2, 0.25) is 0 Å². The zero-order valence-corrected chi connectivity index (χ0v) is 13.7. The van der Waals surface area contributed by atoms with E-state index in [9.17, 15) is 9.36 Å². The van der Waals surface area contributed by atoms with Crippen LogP contribution in [0.25, 0.3) is 0 Å². The lowest BCUT2D eigenvalue weighted by molar-refractivity contribution is -0.129. The molecule has 122 valence electrons. The minimum absolute atomic E-state index is 0.0546. The summed E-state index contributed by atoms with van der Waals surface area (Å²) in [7, 11) is -2.82. The maximum Gasteiger partial charge on any atom is 0.257 e. The number of rotatable bonds is 5. The quantitative estimate of drug-likeness (QED) is 0.491. The molecule has 0 spiro atoms. The molecule has 1 aliphatic heterocycles. The fourth-order valence-electron chi connectivity index (χ4n) is 2.73. The summed E-state index contributed by atoms with van der Waals surface area (Å²) in [5.41, 5.74) is 1.63. The van der Waals surface area contributed by atoms with Crippen molar-refractivity contribution in [3.05, 3.63) is 24.3 Å². The van der Waals surface area contributed by atoms with Gasteiger partial charge in [-0.15, -0.1) is 0 Å². The Balaban J connectivity index is 2.28. The number of carbonyl (C=O) groups excluding carboxylic acids is 1. The second-order valence-corrected chi connectivity index (χ2v) is 8.27. The Kier molecular flexibility index (Phi) is 6.00. The summed E-state index contributed by atoms with van der Waals surface area (Å²) in [4.78, 5) is 11.5. The van der Waals surface area contributed by atoms with E-state index in [4.69, 9.17) is 9.94 Å². The number of hydrogen-bond acceptors (Lipinski definition) is 4. The summed E-state index contributed by atoms with van der Waals surface area (Å²) in [6.45, 7) is 3.04. The van der Waals surface area contributed by atoms with Crippen LogP contribution >= 0.6 is 7.29 Å². The number of amides is 1. The number of benzene rings is 1. The summed E-state index contributed by atoms with van der Waals surface area (Å²) in [6, 6.07) is 7.27. The van der Waals surface area contributed by atoms with Gasteiger partial charge in [0.25, 0.3) is 5.91 Å². The topological polar surface area (TPSA) is 78.9 Å². The Labute approximate surface area is 130 Å². The van der Waals surface area contributed by atoms with E-state index in [0.717, 1.165) is 30.3 Å². The fourth-order valence-corrected chi connectivity index (χ4v) is 5.69. The fraction of sp³-hybridized carbons (Fsp3) is 0.533. The van der Waals surface area contributed by atoms with Crippen molar-refractivity contribution in [2.24, 2.45) is 0 Å². The molecule has 0 saturated carbocycles. The third kappa shape index (κ3) is 3.88. The first-order valence-electron chi connectivity index (χ1n) is 7.61. The molecular weight excluding hydrogens is 303 g/mol. The number of nitrogens with zero attached hydrogens (tertiary/aromatic N) is 1. The summed E-state index contributed by atoms with van der Waals surface area (Å²) >= 11 is 0. The van der Waals surface area contributed by atoms with Crippen molar-refractivity contribution >= 4 is 18.5 Å². The van der Waals surface area contributed by atoms with E-state index < -0.39 is 13.2 Å². The maximum absolute atomic E-state index is 13.5. The molecule has 1 aliphatic rings. The van der Waals surface area contributed by atoms with Crippen LogP contribution in [0.2, 0.25) is 0 Å². The Morgan fingerprint density at radius 1 is 1.32 bits per heavy atom. The van der Waals surface area contributed by atoms with Crippen LogP contribution in [0, 0.1) is 0 Å². The molecule has 1 saturated heterocycles. The first-order chi connectivity index (χ1) is 10.6. The number of carbonyl (C=O) groups is 1. The van der Waals surface area contributed by atoms with Crippen molar-refractivity contribution in [3.8, 4) is 5.75 Å². The predicted molar refractivity (Wildman–Crippen MR) is 85.1 cm³/mol. The van der Waals surface area contributed by atoms with Crippen molar-refractivity contribution in [1.29, 1.82) is 0 Å². The van der Waals surface area contributed by atoms with Crippen molar-refractivity contribution in [2.75, 3.05) is 25.9 Å². The monoisotopic (exact) mass is 326 g/mol. The van der Waals surface area contributed by atoms with Gasteiger partial charge in [-0.2, -0.15) is 0 Å². The van der Waals surface area contributed by atoms with Crippen molar-refractivity contribution in [2.45, 2.75) is 26.2 Å². The van der Waals surface area contributed by atoms with Crippen molar-refractivity contribution < 1.29 is 19.3 Å². The van der Waals surface area contributed by atoms with Gasteiger partial charge >= 0.3 is 0 Å². The normalized spacial score (nSPS) is 22.8. The standard InChI is InChI=1S/C15H23N2O4P/c1-2-21-13-6-8-14(9-7-13)22(20)11-5-3-4-10-17(22)12-15(18)16-19/h6-9,19H,2-5,10-12H2,1H3,(H,16,18). The third-order valence-electron chi connectivity index (χ3n) is 3.84. The van der Waals surface area contributed by atoms with Crippen LogP contribution in [-0.2, 0) is 9.36 Å². The van der Waals surface area contributed by atoms with E-state index in [1.54, 1.807) is 10.2 Å². The SMILES string of the molecule is CCOc1ccc(P2(=O)CCCCCN2CC(=O)NO)cc1. The highest BCUT2D eigenvalue weighted by Crippen LogP contribution is 2.51. The first kappa shape index (κ1) is 17.0. The van der Waals surface area contributed by atoms with Crippen LogP contribution in [0.1, 0.15) is 26.2 Å². The molecule has 2 rings (SSSR count). The van der Waals surface area contributed by atoms with Crippen LogP contribution in [0.5, 0.6) is 5.75 Å². The van der Waals surface area contributed by atoms with Gasteiger partial charge in [0, 0.05) is 18.0 Å². The molecule has 1 amide bonds. The molecule has 6 nitrogen and oxygen atoms in total. The smallest absolute Gasteiger partial charge is 0.257 e. The highest BCUT2D eigenvalue weighted by atomic mass is 31.2. The zero-order valence-electron chi connectivity index (χ0n) is 12.8. The minimum atomic E-state index is -2.82. The van der Waals surface area contributed by atoms with Crippen molar-refractivity contribution in [3.63, 3.8) is 0 Å². The average molecular weight is 326 g/mol. The molecule has 0 bridgehead atoms. The Morgan fingerprint density at radius 2 is 2.05 bits per heavy atom. The lowest BCUT2D eigenvalue weighted by Crippen LogP contribution is -2.36. The molecule has 0 aliphatic carbocycles. The highest BCUT2D eigenvalue weighted by molar-refractivity contribution is 7.69. The summed E-state index contributed by atoms with van der Waals surface area (Å²) < 4.78 is 20.7. The predicted octanol–water partition coefficient (Wildman–Crippen LogP) is 1.98. The van der Waals surface area contributed by atoms with Gasteiger partial charge in [0.15, 0.2) is 7.29 Å². The Bertz CT molecular complexity index is 547. The number of hydroxylamine groups is 1. The van der Waals surface area contributed by atoms with Crippen molar-refractivity contribution in [1.82, 2.24) is 10.2 Å². The van der Waals surface area contributed by atoms with Crippen LogP contribution in [-0.4, -0.2) is 41.6 Å². The van der Waals surface area contributed by atoms with Gasteiger partial charge in [0.05, 0.1) is 13.2 Å². The Morgan fingerprint density at radius 3 is 2.68 bits per heavy atom. The molecule has 1 aromatic carbocycles. The lowest BCUT2D eigenvalue weighted by Gasteiger charge is -2.29. The molecule has 1 atom stereocenters. The van der Waals surface area contributed by atoms with Gasteiger partial charge in [0.1, 0.15) is 5.75 Å². The molecular formula is C15H23N2O4P. The molecule has 0 aromatic heterocycles. The van der Waals surface area contributed by atoms with Gasteiger partial charge in [-0.1, -0.05) is 6.42 Å². The molecule has 1 fully saturated rings. The minimum Gasteiger partial charge on any atom is -0.494 e. The highest BCUT2D eigenvalue weighted by Gasteiger charge is 2.34. The average Bonchev–Trinajstić information content (AvgIpc) is 2.71. The van der Waals surface area contributed by atoms with E-state index in [1.165, 1.54) is 0 Å². The molecule has 1 heterocycles. The van der Waals surface area contributed by atoms with Gasteiger partial charge in [-0.25, -0.2) is 10.2 Å². The summed E-state index contributed by atoms with van der Waals surface area (Å²) in [5.74, 6) is 0.209. The largest absolute Gasteiger partial charge is 0.494 e. The molecule has 0 radical (unpaired) electrons. The summed E-state index contributed by atoms with van der Waals surface area (Å²) in [5, 5.41) is 9.48. The molecule has 22 heavy (non-hydrogen) atoms. The van der Waals surface area contributed by atoms with Gasteiger partial charge in [-0.3, -0.25) is 10.0 Å². The first-order valence-corrected chi connectivity index (χ1v) is 9.45. The summed E-state index contributed by atoms with van der Waals surface area (Å²) in [6.07, 6.45) is 3.33. The number of nitrogens with one attached hydrogen (secondary N) is 1.